The molecule has 2 rings (SSSR count). The number of hydrogen-bond acceptors (Lipinski definition) is 3. The van der Waals surface area contributed by atoms with Gasteiger partial charge in [0, 0.05) is 6.04 Å². The van der Waals surface area contributed by atoms with Crippen LogP contribution in [0.5, 0.6) is 5.75 Å². The Morgan fingerprint density at radius 2 is 2.12 bits per heavy atom. The molecule has 0 fully saturated rings. The highest BCUT2D eigenvalue weighted by Crippen LogP contribution is 2.18. The van der Waals surface area contributed by atoms with Crippen LogP contribution in [-0.2, 0) is 6.54 Å². The quantitative estimate of drug-likeness (QED) is 0.849. The molecule has 0 amide bonds. The molecule has 1 aromatic heterocycles. The van der Waals surface area contributed by atoms with Crippen LogP contribution in [0.1, 0.15) is 30.0 Å². The molecule has 90 valence electrons. The van der Waals surface area contributed by atoms with Crippen molar-refractivity contribution in [3.8, 4) is 5.75 Å². The average molecular weight is 231 g/mol. The molecule has 0 bridgehead atoms. The van der Waals surface area contributed by atoms with Gasteiger partial charge in [0.1, 0.15) is 17.3 Å². The van der Waals surface area contributed by atoms with Gasteiger partial charge in [-0.05, 0) is 43.7 Å². The summed E-state index contributed by atoms with van der Waals surface area (Å²) in [5, 5.41) is 12.8. The van der Waals surface area contributed by atoms with Crippen LogP contribution in [0, 0.1) is 6.92 Å². The van der Waals surface area contributed by atoms with Gasteiger partial charge in [-0.15, -0.1) is 0 Å². The van der Waals surface area contributed by atoms with E-state index < -0.39 is 0 Å². The Balaban J connectivity index is 1.95. The van der Waals surface area contributed by atoms with E-state index in [1.165, 1.54) is 0 Å². The van der Waals surface area contributed by atoms with Crippen molar-refractivity contribution in [3.63, 3.8) is 0 Å². The molecule has 0 aliphatic rings. The Kier molecular flexibility index (Phi) is 3.49. The number of nitrogens with one attached hydrogen (secondary N) is 1. The maximum absolute atomic E-state index is 9.40. The first kappa shape index (κ1) is 11.7. The van der Waals surface area contributed by atoms with Crippen LogP contribution in [0.2, 0.25) is 0 Å². The van der Waals surface area contributed by atoms with Crippen molar-refractivity contribution in [2.24, 2.45) is 0 Å². The van der Waals surface area contributed by atoms with Crippen LogP contribution >= 0.6 is 0 Å². The highest BCUT2D eigenvalue weighted by Gasteiger charge is 2.06. The van der Waals surface area contributed by atoms with Crippen LogP contribution in [-0.4, -0.2) is 5.11 Å². The lowest BCUT2D eigenvalue weighted by molar-refractivity contribution is 0.442. The number of aryl methyl sites for hydroxylation is 1. The summed E-state index contributed by atoms with van der Waals surface area (Å²) < 4.78 is 5.48. The van der Waals surface area contributed by atoms with Crippen LogP contribution in [0.4, 0.5) is 0 Å². The summed E-state index contributed by atoms with van der Waals surface area (Å²) in [6.07, 6.45) is 0. The molecule has 3 nitrogen and oxygen atoms in total. The minimum absolute atomic E-state index is 0.174. The first-order chi connectivity index (χ1) is 8.15. The molecule has 1 heterocycles. The highest BCUT2D eigenvalue weighted by atomic mass is 16.3. The topological polar surface area (TPSA) is 45.4 Å². The fourth-order valence-corrected chi connectivity index (χ4v) is 1.75. The predicted octanol–water partition coefficient (Wildman–Crippen LogP) is 3.14. The average Bonchev–Trinajstić information content (AvgIpc) is 2.72. The van der Waals surface area contributed by atoms with Gasteiger partial charge in [0.05, 0.1) is 6.54 Å². The maximum Gasteiger partial charge on any atom is 0.117 e. The third-order valence-corrected chi connectivity index (χ3v) is 2.75. The zero-order chi connectivity index (χ0) is 12.3. The van der Waals surface area contributed by atoms with Gasteiger partial charge >= 0.3 is 0 Å². The van der Waals surface area contributed by atoms with Crippen molar-refractivity contribution in [1.82, 2.24) is 5.32 Å². The van der Waals surface area contributed by atoms with Crippen molar-refractivity contribution < 1.29 is 9.52 Å². The summed E-state index contributed by atoms with van der Waals surface area (Å²) in [6, 6.07) is 11.4. The number of aromatic hydroxyl groups is 1. The number of phenolic OH excluding ortho intramolecular Hbond substituents is 1. The number of furan rings is 1. The van der Waals surface area contributed by atoms with Crippen molar-refractivity contribution in [2.45, 2.75) is 26.4 Å². The first-order valence-corrected chi connectivity index (χ1v) is 5.73. The molecular formula is C14H17NO2. The molecule has 0 saturated heterocycles. The summed E-state index contributed by atoms with van der Waals surface area (Å²) in [4.78, 5) is 0. The Bertz CT molecular complexity index is 490. The Morgan fingerprint density at radius 1 is 1.29 bits per heavy atom. The number of hydrogen-bond donors (Lipinski definition) is 2. The molecule has 1 atom stereocenters. The summed E-state index contributed by atoms with van der Waals surface area (Å²) in [5.41, 5.74) is 1.06. The lowest BCUT2D eigenvalue weighted by atomic mass is 10.1. The zero-order valence-electron chi connectivity index (χ0n) is 10.1. The van der Waals surface area contributed by atoms with Gasteiger partial charge in [0.15, 0.2) is 0 Å². The lowest BCUT2D eigenvalue weighted by Crippen LogP contribution is -2.17. The Morgan fingerprint density at radius 3 is 2.76 bits per heavy atom. The molecule has 3 heteroatoms. The molecule has 0 saturated carbocycles. The second-order valence-electron chi connectivity index (χ2n) is 4.21. The molecule has 0 aliphatic carbocycles. The fourth-order valence-electron chi connectivity index (χ4n) is 1.75. The molecular weight excluding hydrogens is 214 g/mol. The van der Waals surface area contributed by atoms with Crippen LogP contribution in [0.3, 0.4) is 0 Å². The van der Waals surface area contributed by atoms with Gasteiger partial charge in [-0.1, -0.05) is 12.1 Å². The Labute approximate surface area is 101 Å². The largest absolute Gasteiger partial charge is 0.508 e. The van der Waals surface area contributed by atoms with E-state index in [1.54, 1.807) is 12.1 Å². The van der Waals surface area contributed by atoms with E-state index in [-0.39, 0.29) is 6.04 Å². The minimum Gasteiger partial charge on any atom is -0.508 e. The monoisotopic (exact) mass is 231 g/mol. The van der Waals surface area contributed by atoms with Crippen LogP contribution in [0.25, 0.3) is 0 Å². The summed E-state index contributed by atoms with van der Waals surface area (Å²) in [5.74, 6) is 2.14. The van der Waals surface area contributed by atoms with Gasteiger partial charge in [-0.2, -0.15) is 0 Å². The predicted molar refractivity (Wildman–Crippen MR) is 66.8 cm³/mol. The van der Waals surface area contributed by atoms with Gasteiger partial charge in [-0.25, -0.2) is 0 Å². The van der Waals surface area contributed by atoms with Gasteiger partial charge in [0.25, 0.3) is 0 Å². The van der Waals surface area contributed by atoms with Gasteiger partial charge in [0.2, 0.25) is 0 Å². The molecule has 17 heavy (non-hydrogen) atoms. The summed E-state index contributed by atoms with van der Waals surface area (Å²) >= 11 is 0. The SMILES string of the molecule is Cc1ccc(CNC(C)c2cccc(O)c2)o1. The van der Waals surface area contributed by atoms with Crippen LogP contribution < -0.4 is 5.32 Å². The standard InChI is InChI=1S/C14H17NO2/c1-10-6-7-14(17-10)9-15-11(2)12-4-3-5-13(16)8-12/h3-8,11,15-16H,9H2,1-2H3. The number of rotatable bonds is 4. The molecule has 1 aromatic carbocycles. The van der Waals surface area contributed by atoms with Crippen molar-refractivity contribution in [2.75, 3.05) is 0 Å². The smallest absolute Gasteiger partial charge is 0.117 e. The number of benzene rings is 1. The number of phenols is 1. The zero-order valence-corrected chi connectivity index (χ0v) is 10.1. The second kappa shape index (κ2) is 5.06. The Hall–Kier alpha value is -1.74. The summed E-state index contributed by atoms with van der Waals surface area (Å²) in [6.45, 7) is 4.68. The van der Waals surface area contributed by atoms with E-state index in [0.29, 0.717) is 12.3 Å². The van der Waals surface area contributed by atoms with E-state index in [4.69, 9.17) is 4.42 Å². The highest BCUT2D eigenvalue weighted by molar-refractivity contribution is 5.29. The van der Waals surface area contributed by atoms with E-state index >= 15 is 0 Å². The van der Waals surface area contributed by atoms with Crippen molar-refractivity contribution >= 4 is 0 Å². The molecule has 0 aliphatic heterocycles. The fraction of sp³-hybridized carbons (Fsp3) is 0.286. The third-order valence-electron chi connectivity index (χ3n) is 2.75. The van der Waals surface area contributed by atoms with Gasteiger partial charge in [-0.3, -0.25) is 0 Å². The third kappa shape index (κ3) is 3.11. The second-order valence-corrected chi connectivity index (χ2v) is 4.21. The van der Waals surface area contributed by atoms with E-state index in [0.717, 1.165) is 17.1 Å². The van der Waals surface area contributed by atoms with E-state index in [9.17, 15) is 5.11 Å². The van der Waals surface area contributed by atoms with Gasteiger partial charge < -0.3 is 14.8 Å². The lowest BCUT2D eigenvalue weighted by Gasteiger charge is -2.13. The van der Waals surface area contributed by atoms with Crippen molar-refractivity contribution in [3.05, 3.63) is 53.5 Å². The summed E-state index contributed by atoms with van der Waals surface area (Å²) in [7, 11) is 0. The normalized spacial score (nSPS) is 12.6. The molecule has 0 radical (unpaired) electrons. The van der Waals surface area contributed by atoms with E-state index in [2.05, 4.69) is 12.2 Å². The molecule has 2 aromatic rings. The maximum atomic E-state index is 9.40. The van der Waals surface area contributed by atoms with Crippen molar-refractivity contribution in [1.29, 1.82) is 0 Å². The minimum atomic E-state index is 0.174. The molecule has 1 unspecified atom stereocenters. The first-order valence-electron chi connectivity index (χ1n) is 5.73. The van der Waals surface area contributed by atoms with Crippen LogP contribution in [0.15, 0.2) is 40.8 Å². The van der Waals surface area contributed by atoms with E-state index in [1.807, 2.05) is 31.2 Å². The molecule has 2 N–H and O–H groups in total. The molecule has 0 spiro atoms.